The quantitative estimate of drug-likeness (QED) is 0.376. The van der Waals surface area contributed by atoms with Gasteiger partial charge < -0.3 is 28.8 Å². The Hall–Kier alpha value is -4.06. The summed E-state index contributed by atoms with van der Waals surface area (Å²) in [6, 6.07) is 5.85. The van der Waals surface area contributed by atoms with Gasteiger partial charge >= 0.3 is 11.4 Å². The van der Waals surface area contributed by atoms with Crippen LogP contribution in [0.2, 0.25) is 0 Å². The fourth-order valence-corrected chi connectivity index (χ4v) is 3.35. The van der Waals surface area contributed by atoms with Crippen LogP contribution >= 0.6 is 0 Å². The van der Waals surface area contributed by atoms with Crippen molar-refractivity contribution in [2.24, 2.45) is 0 Å². The van der Waals surface area contributed by atoms with E-state index in [9.17, 15) is 19.7 Å². The van der Waals surface area contributed by atoms with Crippen molar-refractivity contribution < 1.29 is 28.3 Å². The first-order chi connectivity index (χ1) is 15.7. The van der Waals surface area contributed by atoms with Crippen molar-refractivity contribution in [3.63, 3.8) is 0 Å². The van der Waals surface area contributed by atoms with E-state index in [1.807, 2.05) is 19.0 Å². The summed E-state index contributed by atoms with van der Waals surface area (Å²) in [6.45, 7) is 0.983. The van der Waals surface area contributed by atoms with E-state index in [1.165, 1.54) is 38.0 Å². The Labute approximate surface area is 188 Å². The zero-order valence-corrected chi connectivity index (χ0v) is 18.8. The number of hydrogen-bond donors (Lipinski definition) is 1. The Morgan fingerprint density at radius 2 is 1.85 bits per heavy atom. The predicted octanol–water partition coefficient (Wildman–Crippen LogP) is 2.34. The van der Waals surface area contributed by atoms with Crippen molar-refractivity contribution in [1.29, 1.82) is 0 Å². The number of aromatic nitrogens is 1. The Morgan fingerprint density at radius 1 is 1.15 bits per heavy atom. The standard InChI is InChI=1S/C21H24N4O8/c1-23(2)8-9-24-14-10-12(6-7-15(14)33-21(24)27)22-20(26)13-11-16(30-3)18(31-4)19(32-5)17(13)25(28)29/h6-7,10-11H,8-9H2,1-5H3,(H,22,26). The molecule has 12 heteroatoms. The van der Waals surface area contributed by atoms with Gasteiger partial charge in [-0.25, -0.2) is 4.79 Å². The van der Waals surface area contributed by atoms with E-state index in [0.717, 1.165) is 0 Å². The van der Waals surface area contributed by atoms with E-state index in [2.05, 4.69) is 5.32 Å². The number of carbonyl (C=O) groups excluding carboxylic acids is 1. The van der Waals surface area contributed by atoms with Crippen LogP contribution in [0.25, 0.3) is 11.1 Å². The van der Waals surface area contributed by atoms with Crippen LogP contribution < -0.4 is 25.3 Å². The molecule has 0 radical (unpaired) electrons. The number of benzene rings is 2. The first kappa shape index (κ1) is 23.6. The molecule has 0 saturated carbocycles. The molecule has 33 heavy (non-hydrogen) atoms. The van der Waals surface area contributed by atoms with Crippen molar-refractivity contribution >= 4 is 28.4 Å². The third kappa shape index (κ3) is 4.60. The van der Waals surface area contributed by atoms with Crippen LogP contribution in [0.1, 0.15) is 10.4 Å². The highest BCUT2D eigenvalue weighted by Gasteiger charge is 2.32. The fraction of sp³-hybridized carbons (Fsp3) is 0.333. The van der Waals surface area contributed by atoms with Crippen LogP contribution in [0.3, 0.4) is 0 Å². The maximum Gasteiger partial charge on any atom is 0.419 e. The van der Waals surface area contributed by atoms with Crippen molar-refractivity contribution in [1.82, 2.24) is 9.47 Å². The molecule has 0 saturated heterocycles. The third-order valence-electron chi connectivity index (χ3n) is 4.93. The van der Waals surface area contributed by atoms with Crippen molar-refractivity contribution in [3.8, 4) is 17.2 Å². The number of nitrogens with zero attached hydrogens (tertiary/aromatic N) is 3. The second-order valence-corrected chi connectivity index (χ2v) is 7.26. The number of amides is 1. The highest BCUT2D eigenvalue weighted by molar-refractivity contribution is 6.09. The molecule has 0 bridgehead atoms. The number of nitrogens with one attached hydrogen (secondary N) is 1. The fourth-order valence-electron chi connectivity index (χ4n) is 3.35. The Balaban J connectivity index is 2.04. The van der Waals surface area contributed by atoms with E-state index in [4.69, 9.17) is 18.6 Å². The molecule has 176 valence electrons. The Bertz CT molecular complexity index is 1260. The molecule has 1 amide bonds. The van der Waals surface area contributed by atoms with Crippen LogP contribution in [0, 0.1) is 10.1 Å². The Morgan fingerprint density at radius 3 is 2.42 bits per heavy atom. The van der Waals surface area contributed by atoms with E-state index in [1.54, 1.807) is 12.1 Å². The summed E-state index contributed by atoms with van der Waals surface area (Å²) < 4.78 is 22.2. The lowest BCUT2D eigenvalue weighted by Gasteiger charge is -2.15. The topological polar surface area (TPSA) is 138 Å². The number of oxazole rings is 1. The number of hydrogen-bond acceptors (Lipinski definition) is 9. The number of fused-ring (bicyclic) bond motifs is 1. The monoisotopic (exact) mass is 460 g/mol. The van der Waals surface area contributed by atoms with Gasteiger partial charge in [0, 0.05) is 24.8 Å². The molecule has 1 heterocycles. The normalized spacial score (nSPS) is 11.0. The first-order valence-electron chi connectivity index (χ1n) is 9.78. The van der Waals surface area contributed by atoms with Gasteiger partial charge in [0.25, 0.3) is 5.91 Å². The second-order valence-electron chi connectivity index (χ2n) is 7.26. The molecule has 2 aromatic carbocycles. The van der Waals surface area contributed by atoms with Crippen molar-refractivity contribution in [3.05, 3.63) is 50.5 Å². The van der Waals surface area contributed by atoms with Gasteiger partial charge in [0.15, 0.2) is 11.3 Å². The summed E-state index contributed by atoms with van der Waals surface area (Å²) in [6.07, 6.45) is 0. The lowest BCUT2D eigenvalue weighted by atomic mass is 10.1. The minimum atomic E-state index is -0.772. The molecular weight excluding hydrogens is 436 g/mol. The number of likely N-dealkylation sites (N-methyl/N-ethyl adjacent to an activating group) is 1. The van der Waals surface area contributed by atoms with E-state index >= 15 is 0 Å². The Kier molecular flexibility index (Phi) is 6.87. The molecule has 0 aliphatic heterocycles. The molecular formula is C21H24N4O8. The minimum absolute atomic E-state index is 0.00650. The molecule has 0 fully saturated rings. The summed E-state index contributed by atoms with van der Waals surface area (Å²) in [5, 5.41) is 14.4. The number of carbonyl (C=O) groups is 1. The molecule has 0 aliphatic rings. The summed E-state index contributed by atoms with van der Waals surface area (Å²) in [5.74, 6) is -1.45. The predicted molar refractivity (Wildman–Crippen MR) is 120 cm³/mol. The summed E-state index contributed by atoms with van der Waals surface area (Å²) in [7, 11) is 7.63. The van der Waals surface area contributed by atoms with Crippen LogP contribution in [0.5, 0.6) is 17.2 Å². The van der Waals surface area contributed by atoms with E-state index in [0.29, 0.717) is 29.9 Å². The highest BCUT2D eigenvalue weighted by atomic mass is 16.6. The SMILES string of the molecule is COc1cc(C(=O)Nc2ccc3oc(=O)n(CCN(C)C)c3c2)c([N+](=O)[O-])c(OC)c1OC. The van der Waals surface area contributed by atoms with Gasteiger partial charge in [-0.1, -0.05) is 0 Å². The molecule has 1 N–H and O–H groups in total. The summed E-state index contributed by atoms with van der Waals surface area (Å²) >= 11 is 0. The van der Waals surface area contributed by atoms with E-state index < -0.39 is 22.3 Å². The molecule has 3 rings (SSSR count). The largest absolute Gasteiger partial charge is 0.493 e. The highest BCUT2D eigenvalue weighted by Crippen LogP contribution is 2.46. The smallest absolute Gasteiger partial charge is 0.419 e. The number of nitro benzene ring substituents is 1. The zero-order chi connectivity index (χ0) is 24.3. The summed E-state index contributed by atoms with van der Waals surface area (Å²) in [4.78, 5) is 38.2. The van der Waals surface area contributed by atoms with Gasteiger partial charge in [-0.05, 0) is 32.3 Å². The first-order valence-corrected chi connectivity index (χ1v) is 9.78. The maximum absolute atomic E-state index is 13.1. The number of nitro groups is 1. The van der Waals surface area contributed by atoms with Crippen molar-refractivity contribution in [2.75, 3.05) is 47.3 Å². The van der Waals surface area contributed by atoms with Gasteiger partial charge in [-0.3, -0.25) is 19.5 Å². The van der Waals surface area contributed by atoms with Crippen LogP contribution in [0.4, 0.5) is 11.4 Å². The molecule has 12 nitrogen and oxygen atoms in total. The number of anilines is 1. The molecule has 0 aliphatic carbocycles. The molecule has 1 aromatic heterocycles. The molecule has 3 aromatic rings. The van der Waals surface area contributed by atoms with Crippen LogP contribution in [-0.4, -0.2) is 62.3 Å². The van der Waals surface area contributed by atoms with Gasteiger partial charge in [0.2, 0.25) is 11.5 Å². The van der Waals surface area contributed by atoms with Gasteiger partial charge in [0.05, 0.1) is 31.8 Å². The van der Waals surface area contributed by atoms with E-state index in [-0.39, 0.29) is 22.8 Å². The van der Waals surface area contributed by atoms with Crippen molar-refractivity contribution in [2.45, 2.75) is 6.54 Å². The number of rotatable bonds is 9. The summed E-state index contributed by atoms with van der Waals surface area (Å²) in [5.41, 5.74) is 0.302. The van der Waals surface area contributed by atoms with Crippen LogP contribution in [-0.2, 0) is 6.54 Å². The van der Waals surface area contributed by atoms with Gasteiger partial charge in [-0.15, -0.1) is 0 Å². The van der Waals surface area contributed by atoms with Crippen LogP contribution in [0.15, 0.2) is 33.5 Å². The molecule has 0 spiro atoms. The minimum Gasteiger partial charge on any atom is -0.493 e. The van der Waals surface area contributed by atoms with Gasteiger partial charge in [-0.2, -0.15) is 0 Å². The van der Waals surface area contributed by atoms with Gasteiger partial charge in [0.1, 0.15) is 5.56 Å². The lowest BCUT2D eigenvalue weighted by Crippen LogP contribution is -2.23. The number of ether oxygens (including phenoxy) is 3. The third-order valence-corrected chi connectivity index (χ3v) is 4.93. The average Bonchev–Trinajstić information content (AvgIpc) is 3.09. The molecule has 0 unspecified atom stereocenters. The number of methoxy groups -OCH3 is 3. The molecule has 0 atom stereocenters. The second kappa shape index (κ2) is 9.61. The maximum atomic E-state index is 13.1. The lowest BCUT2D eigenvalue weighted by molar-refractivity contribution is -0.386. The average molecular weight is 460 g/mol. The zero-order valence-electron chi connectivity index (χ0n) is 18.8.